The van der Waals surface area contributed by atoms with Crippen LogP contribution in [0.2, 0.25) is 0 Å². The van der Waals surface area contributed by atoms with Crippen LogP contribution in [0.1, 0.15) is 29.7 Å². The number of anilines is 1. The first-order valence-electron chi connectivity index (χ1n) is 11.2. The highest BCUT2D eigenvalue weighted by Crippen LogP contribution is 2.46. The quantitative estimate of drug-likeness (QED) is 0.294. The lowest BCUT2D eigenvalue weighted by atomic mass is 9.94. The molecule has 1 aliphatic rings. The molecule has 0 aliphatic carbocycles. The molecular formula is C28H27NO6. The average Bonchev–Trinajstić information content (AvgIpc) is 3.14. The molecule has 0 spiro atoms. The van der Waals surface area contributed by atoms with Crippen LogP contribution in [-0.2, 0) is 9.59 Å². The maximum absolute atomic E-state index is 13.4. The second kappa shape index (κ2) is 9.93. The van der Waals surface area contributed by atoms with Gasteiger partial charge in [-0.1, -0.05) is 29.8 Å². The van der Waals surface area contributed by atoms with Gasteiger partial charge in [-0.05, 0) is 56.3 Å². The number of rotatable bonds is 7. The minimum Gasteiger partial charge on any atom is -0.507 e. The summed E-state index contributed by atoms with van der Waals surface area (Å²) in [5.41, 5.74) is 2.40. The minimum absolute atomic E-state index is 0.0284. The van der Waals surface area contributed by atoms with Gasteiger partial charge < -0.3 is 19.3 Å². The van der Waals surface area contributed by atoms with Crippen molar-refractivity contribution in [3.05, 3.63) is 89.0 Å². The van der Waals surface area contributed by atoms with Crippen molar-refractivity contribution < 1.29 is 28.9 Å². The predicted octanol–water partition coefficient (Wildman–Crippen LogP) is 5.04. The summed E-state index contributed by atoms with van der Waals surface area (Å²) in [5.74, 6) is -0.184. The van der Waals surface area contributed by atoms with E-state index in [-0.39, 0.29) is 11.3 Å². The highest BCUT2D eigenvalue weighted by Gasteiger charge is 2.48. The normalized spacial score (nSPS) is 16.9. The van der Waals surface area contributed by atoms with Crippen LogP contribution in [0.25, 0.3) is 5.76 Å². The summed E-state index contributed by atoms with van der Waals surface area (Å²) >= 11 is 0. The maximum Gasteiger partial charge on any atom is 0.300 e. The Morgan fingerprint density at radius 1 is 0.914 bits per heavy atom. The molecule has 3 aromatic carbocycles. The zero-order valence-corrected chi connectivity index (χ0v) is 20.1. The summed E-state index contributed by atoms with van der Waals surface area (Å²) in [7, 11) is 3.04. The molecular weight excluding hydrogens is 446 g/mol. The lowest BCUT2D eigenvalue weighted by molar-refractivity contribution is -0.132. The van der Waals surface area contributed by atoms with Gasteiger partial charge in [-0.25, -0.2) is 0 Å². The lowest BCUT2D eigenvalue weighted by Gasteiger charge is -2.27. The Morgan fingerprint density at radius 2 is 1.57 bits per heavy atom. The number of nitrogens with zero attached hydrogens (tertiary/aromatic N) is 1. The molecule has 1 saturated heterocycles. The fourth-order valence-electron chi connectivity index (χ4n) is 4.18. The SMILES string of the molecule is CCOc1ccc(N2C(=O)C(=O)C(=C(O)c3ccc(C)cc3)[C@H]2c2cc(OC)ccc2OC)cc1. The van der Waals surface area contributed by atoms with Gasteiger partial charge in [0.05, 0.1) is 32.4 Å². The molecule has 1 amide bonds. The Morgan fingerprint density at radius 3 is 2.17 bits per heavy atom. The number of ketones is 1. The van der Waals surface area contributed by atoms with Crippen LogP contribution in [0.15, 0.2) is 72.3 Å². The first-order valence-corrected chi connectivity index (χ1v) is 11.2. The van der Waals surface area contributed by atoms with E-state index < -0.39 is 17.7 Å². The third-order valence-corrected chi connectivity index (χ3v) is 5.93. The standard InChI is InChI=1S/C28H27NO6/c1-5-35-20-12-10-19(11-13-20)29-25(22-16-21(33-3)14-15-23(22)34-4)24(27(31)28(29)32)26(30)18-8-6-17(2)7-9-18/h6-16,25,30H,5H2,1-4H3/t25-/m1/s1. The Hall–Kier alpha value is -4.26. The summed E-state index contributed by atoms with van der Waals surface area (Å²) in [6.07, 6.45) is 0. The number of Topliss-reactive ketones (excluding diaryl/α,β-unsaturated/α-hetero) is 1. The van der Waals surface area contributed by atoms with Gasteiger partial charge in [0.1, 0.15) is 23.0 Å². The Kier molecular flexibility index (Phi) is 6.78. The van der Waals surface area contributed by atoms with Crippen molar-refractivity contribution in [1.82, 2.24) is 0 Å². The Labute approximate surface area is 204 Å². The molecule has 0 aromatic heterocycles. The number of aliphatic hydroxyl groups excluding tert-OH is 1. The van der Waals surface area contributed by atoms with Gasteiger partial charge in [0.15, 0.2) is 0 Å². The smallest absolute Gasteiger partial charge is 0.300 e. The van der Waals surface area contributed by atoms with Crippen LogP contribution in [0.3, 0.4) is 0 Å². The molecule has 180 valence electrons. The summed E-state index contributed by atoms with van der Waals surface area (Å²) in [4.78, 5) is 28.1. The van der Waals surface area contributed by atoms with Crippen LogP contribution in [0.4, 0.5) is 5.69 Å². The van der Waals surface area contributed by atoms with E-state index in [1.807, 2.05) is 26.0 Å². The molecule has 0 bridgehead atoms. The number of amides is 1. The lowest BCUT2D eigenvalue weighted by Crippen LogP contribution is -2.29. The van der Waals surface area contributed by atoms with Crippen molar-refractivity contribution in [1.29, 1.82) is 0 Å². The van der Waals surface area contributed by atoms with E-state index in [9.17, 15) is 14.7 Å². The third kappa shape index (κ3) is 4.45. The molecule has 0 saturated carbocycles. The molecule has 7 nitrogen and oxygen atoms in total. The number of methoxy groups -OCH3 is 2. The van der Waals surface area contributed by atoms with E-state index >= 15 is 0 Å². The number of hydrogen-bond acceptors (Lipinski definition) is 6. The molecule has 0 unspecified atom stereocenters. The number of carbonyl (C=O) groups is 2. The van der Waals surface area contributed by atoms with E-state index in [1.165, 1.54) is 19.1 Å². The predicted molar refractivity (Wildman–Crippen MR) is 133 cm³/mol. The fourth-order valence-corrected chi connectivity index (χ4v) is 4.18. The first-order chi connectivity index (χ1) is 16.9. The van der Waals surface area contributed by atoms with Gasteiger partial charge in [-0.3, -0.25) is 14.5 Å². The van der Waals surface area contributed by atoms with Gasteiger partial charge in [-0.15, -0.1) is 0 Å². The molecule has 35 heavy (non-hydrogen) atoms. The van der Waals surface area contributed by atoms with Gasteiger partial charge in [0.2, 0.25) is 0 Å². The zero-order valence-electron chi connectivity index (χ0n) is 20.1. The molecule has 0 radical (unpaired) electrons. The van der Waals surface area contributed by atoms with E-state index in [0.717, 1.165) is 5.56 Å². The van der Waals surface area contributed by atoms with E-state index in [4.69, 9.17) is 14.2 Å². The molecule has 4 rings (SSSR count). The Balaban J connectivity index is 1.96. The molecule has 1 heterocycles. The topological polar surface area (TPSA) is 85.3 Å². The van der Waals surface area contributed by atoms with Crippen molar-refractivity contribution in [2.24, 2.45) is 0 Å². The molecule has 1 fully saturated rings. The molecule has 1 atom stereocenters. The monoisotopic (exact) mass is 473 g/mol. The largest absolute Gasteiger partial charge is 0.507 e. The van der Waals surface area contributed by atoms with Crippen LogP contribution in [0.5, 0.6) is 17.2 Å². The Bertz CT molecular complexity index is 1280. The average molecular weight is 474 g/mol. The summed E-state index contributed by atoms with van der Waals surface area (Å²) in [6.45, 7) is 4.31. The molecule has 1 N–H and O–H groups in total. The van der Waals surface area contributed by atoms with Gasteiger partial charge >= 0.3 is 0 Å². The number of carbonyl (C=O) groups excluding carboxylic acids is 2. The molecule has 3 aromatic rings. The van der Waals surface area contributed by atoms with Crippen LogP contribution >= 0.6 is 0 Å². The highest BCUT2D eigenvalue weighted by atomic mass is 16.5. The number of aliphatic hydroxyl groups is 1. The van der Waals surface area contributed by atoms with Crippen molar-refractivity contribution in [2.75, 3.05) is 25.7 Å². The van der Waals surface area contributed by atoms with Gasteiger partial charge in [0.25, 0.3) is 11.7 Å². The van der Waals surface area contributed by atoms with Crippen LogP contribution < -0.4 is 19.1 Å². The second-order valence-corrected chi connectivity index (χ2v) is 8.07. The van der Waals surface area contributed by atoms with Crippen LogP contribution in [0, 0.1) is 6.92 Å². The zero-order chi connectivity index (χ0) is 25.1. The summed E-state index contributed by atoms with van der Waals surface area (Å²) in [6, 6.07) is 18.2. The minimum atomic E-state index is -0.945. The van der Waals surface area contributed by atoms with Crippen molar-refractivity contribution >= 4 is 23.1 Å². The third-order valence-electron chi connectivity index (χ3n) is 5.93. The second-order valence-electron chi connectivity index (χ2n) is 8.07. The highest BCUT2D eigenvalue weighted by molar-refractivity contribution is 6.51. The van der Waals surface area contributed by atoms with E-state index in [2.05, 4.69) is 0 Å². The molecule has 1 aliphatic heterocycles. The number of ether oxygens (including phenoxy) is 3. The fraction of sp³-hybridized carbons (Fsp3) is 0.214. The van der Waals surface area contributed by atoms with E-state index in [1.54, 1.807) is 54.6 Å². The number of hydrogen-bond donors (Lipinski definition) is 1. The number of aryl methyl sites for hydroxylation is 1. The van der Waals surface area contributed by atoms with Crippen molar-refractivity contribution in [3.63, 3.8) is 0 Å². The summed E-state index contributed by atoms with van der Waals surface area (Å²) in [5, 5.41) is 11.3. The van der Waals surface area contributed by atoms with Gasteiger partial charge in [0, 0.05) is 16.8 Å². The molecule has 7 heteroatoms. The van der Waals surface area contributed by atoms with Crippen LogP contribution in [-0.4, -0.2) is 37.6 Å². The van der Waals surface area contributed by atoms with Crippen molar-refractivity contribution in [3.8, 4) is 17.2 Å². The first kappa shape index (κ1) is 23.9. The van der Waals surface area contributed by atoms with Gasteiger partial charge in [-0.2, -0.15) is 0 Å². The summed E-state index contributed by atoms with van der Waals surface area (Å²) < 4.78 is 16.5. The maximum atomic E-state index is 13.4. The van der Waals surface area contributed by atoms with E-state index in [0.29, 0.717) is 40.7 Å². The number of benzene rings is 3. The van der Waals surface area contributed by atoms with Crippen molar-refractivity contribution in [2.45, 2.75) is 19.9 Å².